The number of benzene rings is 2. The van der Waals surface area contributed by atoms with E-state index in [2.05, 4.69) is 0 Å². The molecule has 4 heterocycles. The average molecular weight is 518 g/mol. The summed E-state index contributed by atoms with van der Waals surface area (Å²) < 4.78 is 22.6. The monoisotopic (exact) mass is 517 g/mol. The van der Waals surface area contributed by atoms with Gasteiger partial charge in [-0.1, -0.05) is 24.3 Å². The normalized spacial score (nSPS) is 22.0. The minimum absolute atomic E-state index is 0.0572. The van der Waals surface area contributed by atoms with Crippen LogP contribution >= 0.6 is 11.8 Å². The van der Waals surface area contributed by atoms with Gasteiger partial charge in [-0.3, -0.25) is 19.3 Å². The fourth-order valence-electron chi connectivity index (χ4n) is 6.01. The maximum absolute atomic E-state index is 14.8. The van der Waals surface area contributed by atoms with Crippen molar-refractivity contribution in [3.8, 4) is 11.5 Å². The van der Waals surface area contributed by atoms with Gasteiger partial charge in [-0.05, 0) is 48.6 Å². The standard InChI is InChI=1S/C28H24FN3O4S/c29-18-13-17-15-37-22-6-2-1-5-19(22)24-23(17)21(14-18)36-12-4-10-28(8-3-9-28)30-16-32(24)31-11-7-20(33)26(34)25(31)27(30)35/h1-2,4-7,10-11,13-14,24,34H,3,8-9,12,15-16H2/b10-4+. The predicted octanol–water partition coefficient (Wildman–Crippen LogP) is 4.31. The zero-order valence-corrected chi connectivity index (χ0v) is 20.7. The molecule has 4 aliphatic rings. The first-order valence-corrected chi connectivity index (χ1v) is 13.3. The Hall–Kier alpha value is -3.72. The van der Waals surface area contributed by atoms with Crippen LogP contribution in [0.4, 0.5) is 4.39 Å². The van der Waals surface area contributed by atoms with Crippen molar-refractivity contribution < 1.29 is 19.0 Å². The van der Waals surface area contributed by atoms with Gasteiger partial charge in [-0.15, -0.1) is 11.8 Å². The highest BCUT2D eigenvalue weighted by Gasteiger charge is 2.49. The van der Waals surface area contributed by atoms with E-state index in [9.17, 15) is 19.1 Å². The molecular formula is C28H24FN3O4S. The molecule has 1 unspecified atom stereocenters. The lowest BCUT2D eigenvalue weighted by molar-refractivity contribution is 0.0255. The predicted molar refractivity (Wildman–Crippen MR) is 137 cm³/mol. The van der Waals surface area contributed by atoms with Gasteiger partial charge in [-0.25, -0.2) is 4.39 Å². The van der Waals surface area contributed by atoms with Gasteiger partial charge in [0.05, 0.1) is 5.54 Å². The van der Waals surface area contributed by atoms with E-state index in [0.717, 1.165) is 40.8 Å². The molecule has 188 valence electrons. The molecule has 3 aromatic rings. The Morgan fingerprint density at radius 2 is 1.97 bits per heavy atom. The summed E-state index contributed by atoms with van der Waals surface area (Å²) in [6.45, 7) is 0.454. The van der Waals surface area contributed by atoms with Crippen LogP contribution in [-0.4, -0.2) is 39.4 Å². The minimum atomic E-state index is -0.604. The van der Waals surface area contributed by atoms with Crippen molar-refractivity contribution in [2.24, 2.45) is 0 Å². The average Bonchev–Trinajstić information content (AvgIpc) is 3.03. The van der Waals surface area contributed by atoms with E-state index in [1.807, 2.05) is 41.4 Å². The van der Waals surface area contributed by atoms with E-state index in [-0.39, 0.29) is 30.7 Å². The number of halogens is 1. The van der Waals surface area contributed by atoms with Crippen LogP contribution in [0, 0.1) is 5.82 Å². The number of nitrogens with zero attached hydrogens (tertiary/aromatic N) is 3. The summed E-state index contributed by atoms with van der Waals surface area (Å²) in [5.41, 5.74) is 1.39. The summed E-state index contributed by atoms with van der Waals surface area (Å²) in [6.07, 6.45) is 7.92. The molecular weight excluding hydrogens is 493 g/mol. The molecule has 37 heavy (non-hydrogen) atoms. The van der Waals surface area contributed by atoms with Gasteiger partial charge in [0.15, 0.2) is 11.4 Å². The van der Waals surface area contributed by atoms with Crippen molar-refractivity contribution in [2.75, 3.05) is 18.3 Å². The number of carbonyl (C=O) groups is 1. The third-order valence-electron chi connectivity index (χ3n) is 7.95. The van der Waals surface area contributed by atoms with Gasteiger partial charge >= 0.3 is 0 Å². The Bertz CT molecular complexity index is 1550. The van der Waals surface area contributed by atoms with E-state index < -0.39 is 22.8 Å². The Morgan fingerprint density at radius 1 is 1.14 bits per heavy atom. The van der Waals surface area contributed by atoms with Crippen molar-refractivity contribution in [1.82, 2.24) is 9.58 Å². The van der Waals surface area contributed by atoms with Crippen LogP contribution in [0.15, 0.2) is 70.5 Å². The Morgan fingerprint density at radius 3 is 2.78 bits per heavy atom. The number of rotatable bonds is 0. The van der Waals surface area contributed by atoms with E-state index in [1.54, 1.807) is 33.6 Å². The van der Waals surface area contributed by atoms with Crippen LogP contribution in [0.25, 0.3) is 0 Å². The number of aromatic hydroxyl groups is 1. The first kappa shape index (κ1) is 22.5. The third-order valence-corrected chi connectivity index (χ3v) is 9.08. The van der Waals surface area contributed by atoms with Gasteiger partial charge in [0.2, 0.25) is 5.43 Å². The summed E-state index contributed by atoms with van der Waals surface area (Å²) in [4.78, 5) is 29.2. The molecule has 1 spiro atoms. The van der Waals surface area contributed by atoms with Gasteiger partial charge in [0.25, 0.3) is 5.91 Å². The number of fused-ring (bicyclic) bond motifs is 8. The van der Waals surface area contributed by atoms with Crippen molar-refractivity contribution in [3.63, 3.8) is 0 Å². The number of hydrogen-bond donors (Lipinski definition) is 1. The molecule has 9 heteroatoms. The molecule has 2 bridgehead atoms. The number of ether oxygens (including phenoxy) is 1. The number of hydrogen-bond acceptors (Lipinski definition) is 6. The van der Waals surface area contributed by atoms with Crippen LogP contribution in [0.5, 0.6) is 11.5 Å². The number of pyridine rings is 1. The largest absolute Gasteiger partial charge is 0.502 e. The zero-order chi connectivity index (χ0) is 25.3. The quantitative estimate of drug-likeness (QED) is 0.448. The lowest BCUT2D eigenvalue weighted by atomic mass is 9.74. The molecule has 1 atom stereocenters. The molecule has 7 nitrogen and oxygen atoms in total. The van der Waals surface area contributed by atoms with E-state index in [1.165, 1.54) is 12.1 Å². The zero-order valence-electron chi connectivity index (χ0n) is 19.9. The van der Waals surface area contributed by atoms with Crippen LogP contribution in [0.1, 0.15) is 52.5 Å². The van der Waals surface area contributed by atoms with Crippen LogP contribution in [0.3, 0.4) is 0 Å². The van der Waals surface area contributed by atoms with Gasteiger partial charge in [0.1, 0.15) is 30.9 Å². The molecule has 7 rings (SSSR count). The van der Waals surface area contributed by atoms with E-state index in [0.29, 0.717) is 11.5 Å². The van der Waals surface area contributed by atoms with E-state index in [4.69, 9.17) is 4.74 Å². The number of amides is 1. The highest BCUT2D eigenvalue weighted by molar-refractivity contribution is 7.98. The van der Waals surface area contributed by atoms with Crippen molar-refractivity contribution in [1.29, 1.82) is 0 Å². The molecule has 1 N–H and O–H groups in total. The van der Waals surface area contributed by atoms with Crippen molar-refractivity contribution in [3.05, 3.63) is 99.2 Å². The van der Waals surface area contributed by atoms with Gasteiger partial charge in [-0.2, -0.15) is 0 Å². The summed E-state index contributed by atoms with van der Waals surface area (Å²) in [6, 6.07) is 11.8. The molecule has 1 aliphatic carbocycles. The Labute approximate surface area is 216 Å². The maximum atomic E-state index is 14.8. The van der Waals surface area contributed by atoms with Crippen LogP contribution in [0.2, 0.25) is 0 Å². The molecule has 1 saturated carbocycles. The lowest BCUT2D eigenvalue weighted by Crippen LogP contribution is -2.64. The molecule has 1 aromatic heterocycles. The second-order valence-corrected chi connectivity index (χ2v) is 10.9. The second kappa shape index (κ2) is 8.14. The maximum Gasteiger partial charge on any atom is 0.278 e. The number of thioether (sulfide) groups is 1. The van der Waals surface area contributed by atoms with Gasteiger partial charge < -0.3 is 14.7 Å². The van der Waals surface area contributed by atoms with Crippen LogP contribution < -0.4 is 15.2 Å². The molecule has 0 radical (unpaired) electrons. The fourth-order valence-corrected chi connectivity index (χ4v) is 7.08. The first-order valence-electron chi connectivity index (χ1n) is 12.3. The summed E-state index contributed by atoms with van der Waals surface area (Å²) >= 11 is 1.63. The first-order chi connectivity index (χ1) is 18.0. The second-order valence-electron chi connectivity index (χ2n) is 9.91. The molecule has 1 amide bonds. The molecule has 1 fully saturated rings. The minimum Gasteiger partial charge on any atom is -0.502 e. The summed E-state index contributed by atoms with van der Waals surface area (Å²) in [7, 11) is 0. The van der Waals surface area contributed by atoms with E-state index >= 15 is 0 Å². The summed E-state index contributed by atoms with van der Waals surface area (Å²) in [5.74, 6) is -0.322. The summed E-state index contributed by atoms with van der Waals surface area (Å²) in [5, 5.41) is 12.9. The smallest absolute Gasteiger partial charge is 0.278 e. The third kappa shape index (κ3) is 3.26. The highest BCUT2D eigenvalue weighted by Crippen LogP contribution is 2.48. The van der Waals surface area contributed by atoms with Gasteiger partial charge in [0, 0.05) is 34.5 Å². The molecule has 2 aromatic carbocycles. The van der Waals surface area contributed by atoms with Crippen molar-refractivity contribution >= 4 is 17.7 Å². The Kier molecular flexibility index (Phi) is 4.95. The fraction of sp³-hybridized carbons (Fsp3) is 0.286. The SMILES string of the molecule is O=C1c2c(O)c(=O)ccn2N2CN1C1(/C=C/COc3cc(F)cc4c3C2c2ccccc2SC4)CCC1. The number of aromatic nitrogens is 1. The lowest BCUT2D eigenvalue weighted by Gasteiger charge is -2.54. The Balaban J connectivity index is 1.57. The number of carbonyl (C=O) groups excluding carboxylic acids is 1. The molecule has 3 aliphatic heterocycles. The highest BCUT2D eigenvalue weighted by atomic mass is 32.2. The topological polar surface area (TPSA) is 75.0 Å². The molecule has 0 saturated heterocycles. The van der Waals surface area contributed by atoms with Crippen molar-refractivity contribution in [2.45, 2.75) is 41.5 Å². The van der Waals surface area contributed by atoms with Crippen LogP contribution in [-0.2, 0) is 5.75 Å².